The minimum absolute atomic E-state index is 0.182. The van der Waals surface area contributed by atoms with E-state index < -0.39 is 11.7 Å². The number of hydrazine groups is 1. The molecule has 0 radical (unpaired) electrons. The summed E-state index contributed by atoms with van der Waals surface area (Å²) >= 11 is 1.67. The van der Waals surface area contributed by atoms with Crippen molar-refractivity contribution < 1.29 is 22.6 Å². The Morgan fingerprint density at radius 1 is 0.971 bits per heavy atom. The van der Waals surface area contributed by atoms with Gasteiger partial charge in [-0.1, -0.05) is 52.0 Å². The van der Waals surface area contributed by atoms with Crippen LogP contribution in [0.25, 0.3) is 5.70 Å². The fraction of sp³-hybridized carbons (Fsp3) is 0.385. The topological polar surface area (TPSA) is 56.5 Å². The summed E-state index contributed by atoms with van der Waals surface area (Å²) in [5, 5.41) is 0. The van der Waals surface area contributed by atoms with Gasteiger partial charge in [0, 0.05) is 5.75 Å². The minimum Gasteiger partial charge on any atom is -0.497 e. The molecule has 0 unspecified atom stereocenters. The van der Waals surface area contributed by atoms with Crippen molar-refractivity contribution in [3.8, 4) is 11.5 Å². The van der Waals surface area contributed by atoms with E-state index in [1.54, 1.807) is 43.1 Å². The Balaban J connectivity index is 0. The van der Waals surface area contributed by atoms with Gasteiger partial charge in [-0.25, -0.2) is 0 Å². The smallest absolute Gasteiger partial charge is 0.416 e. The molecule has 0 amide bonds. The first-order valence-electron chi connectivity index (χ1n) is 11.1. The van der Waals surface area contributed by atoms with Crippen molar-refractivity contribution in [2.24, 2.45) is 5.84 Å². The summed E-state index contributed by atoms with van der Waals surface area (Å²) in [6.45, 7) is 9.91. The molecular weight excluding hydrogens is 461 g/mol. The molecule has 192 valence electrons. The number of alkyl halides is 3. The second-order valence-corrected chi connectivity index (χ2v) is 6.81. The Morgan fingerprint density at radius 3 is 1.91 bits per heavy atom. The van der Waals surface area contributed by atoms with Crippen LogP contribution in [0.5, 0.6) is 11.5 Å². The van der Waals surface area contributed by atoms with Crippen LogP contribution >= 0.6 is 11.8 Å². The van der Waals surface area contributed by atoms with Gasteiger partial charge in [0.25, 0.3) is 0 Å². The first kappa shape index (κ1) is 33.6. The zero-order valence-corrected chi connectivity index (χ0v) is 22.0. The van der Waals surface area contributed by atoms with E-state index in [4.69, 9.17) is 15.3 Å². The average Bonchev–Trinajstić information content (AvgIpc) is 2.88. The van der Waals surface area contributed by atoms with Gasteiger partial charge >= 0.3 is 6.18 Å². The maximum absolute atomic E-state index is 12.8. The summed E-state index contributed by atoms with van der Waals surface area (Å²) < 4.78 is 48.7. The van der Waals surface area contributed by atoms with Gasteiger partial charge in [0.05, 0.1) is 25.0 Å². The number of halogens is 3. The predicted molar refractivity (Wildman–Crippen MR) is 141 cm³/mol. The number of hydrogen-bond acceptors (Lipinski definition) is 5. The van der Waals surface area contributed by atoms with Crippen molar-refractivity contribution >= 4 is 17.5 Å². The number of rotatable bonds is 8. The number of allylic oxidation sites excluding steroid dienone is 3. The van der Waals surface area contributed by atoms with Gasteiger partial charge in [-0.3, -0.25) is 5.84 Å². The second kappa shape index (κ2) is 21.0. The SMILES string of the molecule is C/C=C(\C=C(/NN)c1ccc(OCCSC)cc1)C(F)(F)F.CC.CC.COc1ccccc1. The molecule has 0 aromatic heterocycles. The van der Waals surface area contributed by atoms with Crippen LogP contribution in [0.3, 0.4) is 0 Å². The van der Waals surface area contributed by atoms with E-state index in [-0.39, 0.29) is 5.70 Å². The van der Waals surface area contributed by atoms with E-state index >= 15 is 0 Å². The molecule has 34 heavy (non-hydrogen) atoms. The molecule has 3 N–H and O–H groups in total. The third-order valence-corrected chi connectivity index (χ3v) is 4.37. The summed E-state index contributed by atoms with van der Waals surface area (Å²) in [5.74, 6) is 7.78. The van der Waals surface area contributed by atoms with Crippen molar-refractivity contribution in [1.29, 1.82) is 0 Å². The van der Waals surface area contributed by atoms with Crippen molar-refractivity contribution in [3.63, 3.8) is 0 Å². The van der Waals surface area contributed by atoms with Gasteiger partial charge in [-0.2, -0.15) is 24.9 Å². The lowest BCUT2D eigenvalue weighted by Crippen LogP contribution is -2.21. The van der Waals surface area contributed by atoms with E-state index in [0.717, 1.165) is 23.7 Å². The molecule has 0 fully saturated rings. The highest BCUT2D eigenvalue weighted by molar-refractivity contribution is 7.98. The van der Waals surface area contributed by atoms with E-state index in [0.29, 0.717) is 17.9 Å². The molecule has 4 nitrogen and oxygen atoms in total. The monoisotopic (exact) mass is 500 g/mol. The number of methoxy groups -OCH3 is 1. The lowest BCUT2D eigenvalue weighted by molar-refractivity contribution is -0.0882. The molecule has 0 aliphatic rings. The molecule has 2 aromatic carbocycles. The summed E-state index contributed by atoms with van der Waals surface area (Å²) in [6, 6.07) is 16.4. The van der Waals surface area contributed by atoms with Gasteiger partial charge < -0.3 is 14.9 Å². The Hall–Kier alpha value is -2.58. The molecule has 0 heterocycles. The Bertz CT molecular complexity index is 794. The van der Waals surface area contributed by atoms with Gasteiger partial charge in [-0.05, 0) is 61.2 Å². The molecule has 8 heteroatoms. The number of benzene rings is 2. The third-order valence-electron chi connectivity index (χ3n) is 3.79. The van der Waals surface area contributed by atoms with Crippen LogP contribution in [0, 0.1) is 0 Å². The molecule has 0 bridgehead atoms. The quantitative estimate of drug-likeness (QED) is 0.170. The lowest BCUT2D eigenvalue weighted by atomic mass is 10.1. The standard InChI is InChI=1S/C15H19F3N2OS.C7H8O.2C2H6/c1-3-12(15(16,17)18)10-14(20-19)11-4-6-13(7-5-11)21-8-9-22-2;1-8-7-5-3-2-4-6-7;2*1-2/h3-7,10,20H,8-9,19H2,1-2H3;2-6H,1H3;2*1-2H3/b12-3+,14-10-;;;. The summed E-state index contributed by atoms with van der Waals surface area (Å²) in [7, 11) is 1.66. The lowest BCUT2D eigenvalue weighted by Gasteiger charge is -2.12. The number of hydrogen-bond donors (Lipinski definition) is 2. The summed E-state index contributed by atoms with van der Waals surface area (Å²) in [4.78, 5) is 0. The fourth-order valence-corrected chi connectivity index (χ4v) is 2.47. The highest BCUT2D eigenvalue weighted by Gasteiger charge is 2.31. The van der Waals surface area contributed by atoms with Gasteiger partial charge in [0.1, 0.15) is 11.5 Å². The van der Waals surface area contributed by atoms with Crippen molar-refractivity contribution in [3.05, 3.63) is 77.9 Å². The molecule has 0 aliphatic heterocycles. The number of ether oxygens (including phenoxy) is 2. The molecule has 0 saturated carbocycles. The Labute approximate surface area is 207 Å². The minimum atomic E-state index is -4.42. The van der Waals surface area contributed by atoms with Gasteiger partial charge in [-0.15, -0.1) is 0 Å². The fourth-order valence-electron chi connectivity index (χ4n) is 2.22. The third kappa shape index (κ3) is 14.5. The van der Waals surface area contributed by atoms with Crippen molar-refractivity contribution in [2.75, 3.05) is 25.7 Å². The Morgan fingerprint density at radius 2 is 1.53 bits per heavy atom. The molecule has 0 saturated heterocycles. The number of nitrogens with one attached hydrogen (secondary N) is 1. The van der Waals surface area contributed by atoms with Gasteiger partial charge in [0.15, 0.2) is 0 Å². The van der Waals surface area contributed by atoms with E-state index in [1.807, 2.05) is 64.3 Å². The average molecular weight is 501 g/mol. The first-order chi connectivity index (χ1) is 16.3. The molecule has 0 spiro atoms. The normalized spacial score (nSPS) is 10.9. The number of thioether (sulfide) groups is 1. The highest BCUT2D eigenvalue weighted by atomic mass is 32.2. The van der Waals surface area contributed by atoms with E-state index in [9.17, 15) is 13.2 Å². The highest BCUT2D eigenvalue weighted by Crippen LogP contribution is 2.29. The largest absolute Gasteiger partial charge is 0.497 e. The van der Waals surface area contributed by atoms with E-state index in [1.165, 1.54) is 6.92 Å². The Kier molecular flexibility index (Phi) is 20.7. The van der Waals surface area contributed by atoms with Crippen LogP contribution in [0.1, 0.15) is 40.2 Å². The van der Waals surface area contributed by atoms with Crippen LogP contribution in [0.15, 0.2) is 72.3 Å². The summed E-state index contributed by atoms with van der Waals surface area (Å²) in [5.41, 5.74) is 2.27. The molecule has 0 atom stereocenters. The maximum Gasteiger partial charge on any atom is 0.416 e. The predicted octanol–water partition coefficient (Wildman–Crippen LogP) is 7.49. The molecular formula is C26H39F3N2O2S. The van der Waals surface area contributed by atoms with Crippen LogP contribution in [0.2, 0.25) is 0 Å². The molecule has 2 rings (SSSR count). The molecule has 0 aliphatic carbocycles. The van der Waals surface area contributed by atoms with Crippen LogP contribution < -0.4 is 20.7 Å². The maximum atomic E-state index is 12.8. The van der Waals surface area contributed by atoms with E-state index in [2.05, 4.69) is 5.43 Å². The van der Waals surface area contributed by atoms with Crippen LogP contribution in [0.4, 0.5) is 13.2 Å². The zero-order valence-electron chi connectivity index (χ0n) is 21.2. The van der Waals surface area contributed by atoms with Gasteiger partial charge in [0.2, 0.25) is 0 Å². The first-order valence-corrected chi connectivity index (χ1v) is 12.5. The molecule has 2 aromatic rings. The zero-order chi connectivity index (χ0) is 26.4. The van der Waals surface area contributed by atoms with Crippen LogP contribution in [-0.2, 0) is 0 Å². The summed E-state index contributed by atoms with van der Waals surface area (Å²) in [6.07, 6.45) is -0.464. The number of para-hydroxylation sites is 1. The second-order valence-electron chi connectivity index (χ2n) is 5.83. The number of nitrogens with two attached hydrogens (primary N) is 1. The van der Waals surface area contributed by atoms with Crippen molar-refractivity contribution in [2.45, 2.75) is 40.8 Å². The van der Waals surface area contributed by atoms with Crippen LogP contribution in [-0.4, -0.2) is 31.9 Å². The van der Waals surface area contributed by atoms with Crippen molar-refractivity contribution in [1.82, 2.24) is 5.43 Å².